The molecule has 0 saturated heterocycles. The van der Waals surface area contributed by atoms with E-state index in [2.05, 4.69) is 4.74 Å². The highest BCUT2D eigenvalue weighted by atomic mass is 19.2. The second-order valence-electron chi connectivity index (χ2n) is 5.77. The number of carbonyl (C=O) groups is 2. The molecule has 0 spiro atoms. The number of anilines is 1. The Morgan fingerprint density at radius 3 is 2.09 bits per heavy atom. The zero-order valence-corrected chi connectivity index (χ0v) is 13.4. The highest BCUT2D eigenvalue weighted by Gasteiger charge is 2.34. The Labute approximate surface area is 132 Å². The fourth-order valence-electron chi connectivity index (χ4n) is 1.75. The van der Waals surface area contributed by atoms with Gasteiger partial charge in [0, 0.05) is 12.1 Å². The van der Waals surface area contributed by atoms with Crippen molar-refractivity contribution in [3.63, 3.8) is 0 Å². The summed E-state index contributed by atoms with van der Waals surface area (Å²) in [5.41, 5.74) is -1.57. The normalized spacial score (nSPS) is 12.5. The molecular weight excluding hydrogens is 315 g/mol. The molecule has 0 saturated carbocycles. The van der Waals surface area contributed by atoms with Crippen LogP contribution in [0.25, 0.3) is 0 Å². The molecule has 1 atom stereocenters. The van der Waals surface area contributed by atoms with Crippen molar-refractivity contribution in [3.8, 4) is 0 Å². The number of methoxy groups -OCH3 is 1. The van der Waals surface area contributed by atoms with E-state index in [-0.39, 0.29) is 6.07 Å². The van der Waals surface area contributed by atoms with Gasteiger partial charge in [0.1, 0.15) is 17.5 Å². The van der Waals surface area contributed by atoms with Crippen molar-refractivity contribution in [1.29, 1.82) is 0 Å². The number of rotatable bonds is 3. The summed E-state index contributed by atoms with van der Waals surface area (Å²) in [5, 5.41) is 0. The van der Waals surface area contributed by atoms with Gasteiger partial charge in [-0.1, -0.05) is 0 Å². The summed E-state index contributed by atoms with van der Waals surface area (Å²) >= 11 is 0. The maximum absolute atomic E-state index is 14.0. The molecule has 0 aliphatic carbocycles. The molecule has 0 bridgehead atoms. The van der Waals surface area contributed by atoms with E-state index in [1.54, 1.807) is 20.8 Å². The Morgan fingerprint density at radius 2 is 1.61 bits per heavy atom. The van der Waals surface area contributed by atoms with Crippen LogP contribution in [0.5, 0.6) is 0 Å². The Kier molecular flexibility index (Phi) is 5.63. The van der Waals surface area contributed by atoms with Gasteiger partial charge in [-0.2, -0.15) is 0 Å². The molecule has 0 N–H and O–H groups in total. The van der Waals surface area contributed by atoms with Crippen molar-refractivity contribution in [2.75, 3.05) is 12.0 Å². The maximum Gasteiger partial charge on any atom is 0.415 e. The lowest BCUT2D eigenvalue weighted by Crippen LogP contribution is -2.47. The third-order valence-electron chi connectivity index (χ3n) is 2.77. The number of hydrogen-bond acceptors (Lipinski definition) is 4. The van der Waals surface area contributed by atoms with Crippen LogP contribution in [0, 0.1) is 17.5 Å². The Hall–Kier alpha value is -2.25. The second kappa shape index (κ2) is 6.89. The van der Waals surface area contributed by atoms with Crippen molar-refractivity contribution in [1.82, 2.24) is 0 Å². The highest BCUT2D eigenvalue weighted by molar-refractivity contribution is 5.95. The average molecular weight is 333 g/mol. The van der Waals surface area contributed by atoms with Crippen LogP contribution >= 0.6 is 0 Å². The van der Waals surface area contributed by atoms with Gasteiger partial charge >= 0.3 is 12.1 Å². The van der Waals surface area contributed by atoms with Crippen LogP contribution < -0.4 is 4.90 Å². The number of amides is 1. The predicted molar refractivity (Wildman–Crippen MR) is 76.5 cm³/mol. The lowest BCUT2D eigenvalue weighted by Gasteiger charge is -2.30. The maximum atomic E-state index is 14.0. The summed E-state index contributed by atoms with van der Waals surface area (Å²) < 4.78 is 50.1. The minimum Gasteiger partial charge on any atom is -0.467 e. The van der Waals surface area contributed by atoms with E-state index >= 15 is 0 Å². The molecule has 1 aromatic rings. The molecule has 0 fully saturated rings. The number of esters is 1. The van der Waals surface area contributed by atoms with Crippen LogP contribution in [0.1, 0.15) is 27.7 Å². The van der Waals surface area contributed by atoms with Gasteiger partial charge in [-0.25, -0.2) is 22.8 Å². The zero-order chi connectivity index (χ0) is 17.9. The third-order valence-corrected chi connectivity index (χ3v) is 2.77. The van der Waals surface area contributed by atoms with Gasteiger partial charge < -0.3 is 9.47 Å². The van der Waals surface area contributed by atoms with Gasteiger partial charge in [0.15, 0.2) is 11.6 Å². The van der Waals surface area contributed by atoms with Crippen molar-refractivity contribution < 1.29 is 32.2 Å². The van der Waals surface area contributed by atoms with E-state index < -0.39 is 46.8 Å². The van der Waals surface area contributed by atoms with E-state index in [0.29, 0.717) is 11.0 Å². The summed E-state index contributed by atoms with van der Waals surface area (Å²) in [6, 6.07) is -0.547. The van der Waals surface area contributed by atoms with E-state index in [1.807, 2.05) is 0 Å². The van der Waals surface area contributed by atoms with Crippen molar-refractivity contribution in [2.45, 2.75) is 39.3 Å². The van der Waals surface area contributed by atoms with Gasteiger partial charge in [-0.15, -0.1) is 0 Å². The van der Waals surface area contributed by atoms with Gasteiger partial charge in [0.05, 0.1) is 12.8 Å². The van der Waals surface area contributed by atoms with E-state index in [4.69, 9.17) is 4.74 Å². The molecule has 1 aromatic carbocycles. The van der Waals surface area contributed by atoms with Gasteiger partial charge in [0.25, 0.3) is 0 Å². The molecule has 5 nitrogen and oxygen atoms in total. The number of ether oxygens (including phenoxy) is 2. The van der Waals surface area contributed by atoms with E-state index in [9.17, 15) is 22.8 Å². The van der Waals surface area contributed by atoms with Crippen molar-refractivity contribution >= 4 is 17.7 Å². The molecule has 0 aliphatic heterocycles. The number of carbonyl (C=O) groups excluding carboxylic acids is 2. The topological polar surface area (TPSA) is 55.8 Å². The number of nitrogens with zero attached hydrogens (tertiary/aromatic N) is 1. The molecule has 23 heavy (non-hydrogen) atoms. The molecule has 0 radical (unpaired) electrons. The standard InChI is InChI=1S/C15H18F3NO4/c1-8(13(20)22-5)19(14(21)23-15(2,3)4)12-7-10(17)9(16)6-11(12)18/h6-8H,1-5H3. The molecule has 0 aromatic heterocycles. The fraction of sp³-hybridized carbons (Fsp3) is 0.467. The van der Waals surface area contributed by atoms with Gasteiger partial charge in [-0.3, -0.25) is 4.90 Å². The molecule has 1 amide bonds. The number of hydrogen-bond donors (Lipinski definition) is 0. The van der Waals surface area contributed by atoms with E-state index in [1.165, 1.54) is 6.92 Å². The highest BCUT2D eigenvalue weighted by Crippen LogP contribution is 2.27. The molecule has 8 heteroatoms. The molecule has 128 valence electrons. The van der Waals surface area contributed by atoms with Crippen LogP contribution in [0.4, 0.5) is 23.7 Å². The number of benzene rings is 1. The summed E-state index contributed by atoms with van der Waals surface area (Å²) in [7, 11) is 1.08. The van der Waals surface area contributed by atoms with Crippen LogP contribution in [0.3, 0.4) is 0 Å². The first-order valence-electron chi connectivity index (χ1n) is 6.72. The Morgan fingerprint density at radius 1 is 1.09 bits per heavy atom. The zero-order valence-electron chi connectivity index (χ0n) is 13.4. The minimum atomic E-state index is -1.42. The first-order chi connectivity index (χ1) is 10.5. The number of halogens is 3. The SMILES string of the molecule is COC(=O)C(C)N(C(=O)OC(C)(C)C)c1cc(F)c(F)cc1F. The largest absolute Gasteiger partial charge is 0.467 e. The van der Waals surface area contributed by atoms with Crippen molar-refractivity contribution in [3.05, 3.63) is 29.6 Å². The Balaban J connectivity index is 3.37. The first-order valence-corrected chi connectivity index (χ1v) is 6.72. The lowest BCUT2D eigenvalue weighted by molar-refractivity contribution is -0.141. The quantitative estimate of drug-likeness (QED) is 0.628. The molecule has 1 unspecified atom stereocenters. The van der Waals surface area contributed by atoms with Crippen molar-refractivity contribution in [2.24, 2.45) is 0 Å². The van der Waals surface area contributed by atoms with Crippen LogP contribution in [0.15, 0.2) is 12.1 Å². The second-order valence-corrected chi connectivity index (χ2v) is 5.77. The average Bonchev–Trinajstić information content (AvgIpc) is 2.41. The monoisotopic (exact) mass is 333 g/mol. The Bertz CT molecular complexity index is 613. The van der Waals surface area contributed by atoms with Crippen LogP contribution in [0.2, 0.25) is 0 Å². The third kappa shape index (κ3) is 4.61. The predicted octanol–water partition coefficient (Wildman–Crippen LogP) is 3.41. The first kappa shape index (κ1) is 18.8. The van der Waals surface area contributed by atoms with E-state index in [0.717, 1.165) is 7.11 Å². The fourth-order valence-corrected chi connectivity index (χ4v) is 1.75. The lowest BCUT2D eigenvalue weighted by atomic mass is 10.2. The molecule has 0 heterocycles. The smallest absolute Gasteiger partial charge is 0.415 e. The summed E-state index contributed by atoms with van der Waals surface area (Å²) in [6.07, 6.45) is -1.10. The van der Waals surface area contributed by atoms with Crippen LogP contribution in [-0.2, 0) is 14.3 Å². The molecular formula is C15H18F3NO4. The molecule has 1 rings (SSSR count). The minimum absolute atomic E-state index is 0.284. The van der Waals surface area contributed by atoms with Gasteiger partial charge in [0.2, 0.25) is 0 Å². The summed E-state index contributed by atoms with van der Waals surface area (Å²) in [6.45, 7) is 5.94. The summed E-state index contributed by atoms with van der Waals surface area (Å²) in [4.78, 5) is 24.6. The van der Waals surface area contributed by atoms with Crippen LogP contribution in [-0.4, -0.2) is 30.8 Å². The molecule has 0 aliphatic rings. The summed E-state index contributed by atoms with van der Waals surface area (Å²) in [5.74, 6) is -4.88. The van der Waals surface area contributed by atoms with Gasteiger partial charge in [-0.05, 0) is 27.7 Å².